The van der Waals surface area contributed by atoms with Crippen molar-refractivity contribution in [2.75, 3.05) is 7.11 Å². The van der Waals surface area contributed by atoms with Crippen molar-refractivity contribution in [3.05, 3.63) is 59.2 Å². The highest BCUT2D eigenvalue weighted by molar-refractivity contribution is 7.88. The molecule has 13 heteroatoms. The number of alkyl halides is 6. The molecule has 0 aromatic heterocycles. The minimum atomic E-state index is -6.29. The van der Waals surface area contributed by atoms with Crippen molar-refractivity contribution in [1.29, 1.82) is 0 Å². The number of rotatable bonds is 6. The van der Waals surface area contributed by atoms with Crippen molar-refractivity contribution in [3.8, 4) is 11.5 Å². The second kappa shape index (κ2) is 8.42. The molecule has 0 heterocycles. The van der Waals surface area contributed by atoms with Gasteiger partial charge in [-0.15, -0.1) is 0 Å². The Bertz CT molecular complexity index is 1020. The van der Waals surface area contributed by atoms with Crippen LogP contribution in [0.25, 0.3) is 0 Å². The zero-order valence-corrected chi connectivity index (χ0v) is 15.7. The Balaban J connectivity index is 2.60. The highest BCUT2D eigenvalue weighted by Crippen LogP contribution is 2.41. The molecular formula is C17H12F6O6S. The van der Waals surface area contributed by atoms with Gasteiger partial charge in [0.25, 0.3) is 0 Å². The van der Waals surface area contributed by atoms with Gasteiger partial charge in [0.1, 0.15) is 17.9 Å². The predicted molar refractivity (Wildman–Crippen MR) is 89.2 cm³/mol. The minimum absolute atomic E-state index is 0.0907. The van der Waals surface area contributed by atoms with Gasteiger partial charge in [-0.25, -0.2) is 4.79 Å². The van der Waals surface area contributed by atoms with Gasteiger partial charge >= 0.3 is 27.8 Å². The molecule has 2 rings (SSSR count). The average Bonchev–Trinajstić information content (AvgIpc) is 2.64. The summed E-state index contributed by atoms with van der Waals surface area (Å²) in [6.07, 6.45) is -5.10. The van der Waals surface area contributed by atoms with Gasteiger partial charge in [-0.1, -0.05) is 30.3 Å². The monoisotopic (exact) mass is 458 g/mol. The molecule has 0 unspecified atom stereocenters. The normalized spacial score (nSPS) is 12.4. The molecule has 0 amide bonds. The van der Waals surface area contributed by atoms with Gasteiger partial charge in [0, 0.05) is 6.07 Å². The number of hydrogen-bond acceptors (Lipinski definition) is 6. The van der Waals surface area contributed by atoms with Crippen LogP contribution in [-0.2, 0) is 27.6 Å². The second-order valence-electron chi connectivity index (χ2n) is 5.59. The predicted octanol–water partition coefficient (Wildman–Crippen LogP) is 4.30. The lowest BCUT2D eigenvalue weighted by molar-refractivity contribution is -0.139. The van der Waals surface area contributed by atoms with Crippen molar-refractivity contribution < 1.29 is 53.2 Å². The Morgan fingerprint density at radius 1 is 0.967 bits per heavy atom. The number of carbonyl (C=O) groups is 1. The quantitative estimate of drug-likeness (QED) is 0.278. The molecule has 0 spiro atoms. The third-order valence-electron chi connectivity index (χ3n) is 3.51. The summed E-state index contributed by atoms with van der Waals surface area (Å²) in [6.45, 7) is -0.438. The molecule has 0 aliphatic heterocycles. The van der Waals surface area contributed by atoms with E-state index >= 15 is 0 Å². The lowest BCUT2D eigenvalue weighted by Crippen LogP contribution is -2.29. The number of ether oxygens (including phenoxy) is 2. The summed E-state index contributed by atoms with van der Waals surface area (Å²) in [7, 11) is -5.56. The number of carbonyl (C=O) groups excluding carboxylic acids is 1. The lowest BCUT2D eigenvalue weighted by Gasteiger charge is -2.18. The van der Waals surface area contributed by atoms with Gasteiger partial charge in [-0.2, -0.15) is 34.8 Å². The molecule has 30 heavy (non-hydrogen) atoms. The first-order valence-electron chi connectivity index (χ1n) is 7.77. The topological polar surface area (TPSA) is 78.9 Å². The first-order valence-corrected chi connectivity index (χ1v) is 9.18. The van der Waals surface area contributed by atoms with Crippen molar-refractivity contribution in [2.24, 2.45) is 0 Å². The fraction of sp³-hybridized carbons (Fsp3) is 0.235. The molecule has 0 bridgehead atoms. The molecule has 0 aliphatic carbocycles. The van der Waals surface area contributed by atoms with Gasteiger partial charge < -0.3 is 13.7 Å². The van der Waals surface area contributed by atoms with Crippen LogP contribution >= 0.6 is 0 Å². The Labute approximate surface area is 166 Å². The van der Waals surface area contributed by atoms with E-state index < -0.39 is 57.0 Å². The van der Waals surface area contributed by atoms with E-state index in [-0.39, 0.29) is 12.1 Å². The molecule has 0 radical (unpaired) electrons. The highest BCUT2D eigenvalue weighted by Gasteiger charge is 2.49. The van der Waals surface area contributed by atoms with Crippen LogP contribution in [-0.4, -0.2) is 27.0 Å². The number of methoxy groups -OCH3 is 1. The third-order valence-corrected chi connectivity index (χ3v) is 4.48. The van der Waals surface area contributed by atoms with E-state index in [0.29, 0.717) is 5.56 Å². The van der Waals surface area contributed by atoms with E-state index in [1.165, 1.54) is 12.1 Å². The van der Waals surface area contributed by atoms with Crippen LogP contribution in [0.15, 0.2) is 42.5 Å². The average molecular weight is 458 g/mol. The van der Waals surface area contributed by atoms with Gasteiger partial charge in [-0.05, 0) is 11.6 Å². The van der Waals surface area contributed by atoms with E-state index in [0.717, 1.165) is 7.11 Å². The van der Waals surface area contributed by atoms with Crippen molar-refractivity contribution in [2.45, 2.75) is 18.3 Å². The van der Waals surface area contributed by atoms with Gasteiger partial charge in [0.15, 0.2) is 5.75 Å². The minimum Gasteiger partial charge on any atom is -0.488 e. The summed E-state index contributed by atoms with van der Waals surface area (Å²) < 4.78 is 114. The third kappa shape index (κ3) is 5.34. The molecule has 164 valence electrons. The fourth-order valence-corrected chi connectivity index (χ4v) is 2.61. The second-order valence-corrected chi connectivity index (χ2v) is 7.13. The van der Waals surface area contributed by atoms with Crippen LogP contribution in [0.1, 0.15) is 21.5 Å². The summed E-state index contributed by atoms with van der Waals surface area (Å²) in [5.41, 5.74) is -8.22. The molecule has 0 atom stereocenters. The smallest absolute Gasteiger partial charge is 0.488 e. The van der Waals surface area contributed by atoms with E-state index in [1.54, 1.807) is 18.2 Å². The fourth-order valence-electron chi connectivity index (χ4n) is 2.14. The van der Waals surface area contributed by atoms with Gasteiger partial charge in [-0.3, -0.25) is 0 Å². The molecule has 0 aliphatic rings. The number of benzene rings is 2. The summed E-state index contributed by atoms with van der Waals surface area (Å²) in [5, 5.41) is 0. The van der Waals surface area contributed by atoms with Crippen LogP contribution in [0, 0.1) is 0 Å². The Hall–Kier alpha value is -2.96. The Morgan fingerprint density at radius 2 is 1.57 bits per heavy atom. The van der Waals surface area contributed by atoms with E-state index in [1.807, 2.05) is 0 Å². The van der Waals surface area contributed by atoms with E-state index in [2.05, 4.69) is 8.92 Å². The summed E-state index contributed by atoms with van der Waals surface area (Å²) in [6, 6.07) is 8.09. The van der Waals surface area contributed by atoms with Crippen LogP contribution in [0.4, 0.5) is 26.3 Å². The number of hydrogen-bond donors (Lipinski definition) is 0. The molecular weight excluding hydrogens is 446 g/mol. The number of halogens is 6. The highest BCUT2D eigenvalue weighted by atomic mass is 32.2. The standard InChI is InChI=1S/C17H12F6O6S/c1-27-15(24)11-7-12(16(18,19)20)14(28-9-10-5-3-2-4-6-10)8-13(11)29-30(25,26)17(21,22)23/h2-8H,9H2,1H3. The van der Waals surface area contributed by atoms with Crippen molar-refractivity contribution in [3.63, 3.8) is 0 Å². The van der Waals surface area contributed by atoms with Crippen LogP contribution in [0.3, 0.4) is 0 Å². The molecule has 0 N–H and O–H groups in total. The lowest BCUT2D eigenvalue weighted by atomic mass is 10.1. The van der Waals surface area contributed by atoms with Gasteiger partial charge in [0.2, 0.25) is 0 Å². The van der Waals surface area contributed by atoms with Crippen LogP contribution in [0.2, 0.25) is 0 Å². The molecule has 2 aromatic rings. The summed E-state index contributed by atoms with van der Waals surface area (Å²) in [5.74, 6) is -3.94. The largest absolute Gasteiger partial charge is 0.534 e. The molecule has 0 fully saturated rings. The summed E-state index contributed by atoms with van der Waals surface area (Å²) in [4.78, 5) is 11.8. The van der Waals surface area contributed by atoms with Crippen molar-refractivity contribution in [1.82, 2.24) is 0 Å². The Morgan fingerprint density at radius 3 is 2.07 bits per heavy atom. The molecule has 2 aromatic carbocycles. The van der Waals surface area contributed by atoms with Gasteiger partial charge in [0.05, 0.1) is 12.7 Å². The first kappa shape index (κ1) is 23.3. The van der Waals surface area contributed by atoms with Crippen LogP contribution < -0.4 is 8.92 Å². The maximum absolute atomic E-state index is 13.4. The van der Waals surface area contributed by atoms with Crippen molar-refractivity contribution >= 4 is 16.1 Å². The maximum atomic E-state index is 13.4. The SMILES string of the molecule is COC(=O)c1cc(C(F)(F)F)c(OCc2ccccc2)cc1OS(=O)(=O)C(F)(F)F. The van der Waals surface area contributed by atoms with E-state index in [9.17, 15) is 39.6 Å². The van der Waals surface area contributed by atoms with Crippen LogP contribution in [0.5, 0.6) is 11.5 Å². The Kier molecular flexibility index (Phi) is 6.54. The summed E-state index contributed by atoms with van der Waals surface area (Å²) >= 11 is 0. The zero-order valence-electron chi connectivity index (χ0n) is 14.9. The number of esters is 1. The molecule has 0 saturated carbocycles. The van der Waals surface area contributed by atoms with E-state index in [4.69, 9.17) is 4.74 Å². The first-order chi connectivity index (χ1) is 13.8. The maximum Gasteiger partial charge on any atom is 0.534 e. The molecule has 0 saturated heterocycles. The molecule has 6 nitrogen and oxygen atoms in total. The zero-order chi connectivity index (χ0) is 22.7.